The van der Waals surface area contributed by atoms with E-state index in [1.54, 1.807) is 18.0 Å². The van der Waals surface area contributed by atoms with Crippen molar-refractivity contribution in [3.63, 3.8) is 0 Å². The second-order valence-corrected chi connectivity index (χ2v) is 10.1. The molecular weight excluding hydrogens is 538 g/mol. The summed E-state index contributed by atoms with van der Waals surface area (Å²) in [6, 6.07) is 14.5. The van der Waals surface area contributed by atoms with E-state index < -0.39 is 0 Å². The highest BCUT2D eigenvalue weighted by molar-refractivity contribution is 9.10. The Labute approximate surface area is 204 Å². The zero-order valence-electron chi connectivity index (χ0n) is 18.0. The molecule has 3 aromatic rings. The first-order valence-corrected chi connectivity index (χ1v) is 12.6. The molecular formula is C24H25Br2N3OS. The lowest BCUT2D eigenvalue weighted by molar-refractivity contribution is -0.118. The normalized spacial score (nSPS) is 11.3. The van der Waals surface area contributed by atoms with Crippen molar-refractivity contribution in [2.45, 2.75) is 33.4 Å². The number of aryl methyl sites for hydroxylation is 2. The van der Waals surface area contributed by atoms with Crippen LogP contribution in [0.5, 0.6) is 0 Å². The minimum absolute atomic E-state index is 0.118. The molecule has 0 aliphatic carbocycles. The van der Waals surface area contributed by atoms with Crippen molar-refractivity contribution in [2.75, 3.05) is 5.75 Å². The zero-order chi connectivity index (χ0) is 22.5. The summed E-state index contributed by atoms with van der Waals surface area (Å²) in [4.78, 5) is 12.2. The topological polar surface area (TPSA) is 46.4 Å². The number of hydrogen-bond acceptors (Lipinski definition) is 3. The SMILES string of the molecule is Cc1cc(C)cc(-n2c(C)c(Br)c(/C=N\NC(=O)CSCc3ccccc3Br)c2C)c1. The number of hydrazone groups is 1. The van der Waals surface area contributed by atoms with Crippen LogP contribution in [0.25, 0.3) is 5.69 Å². The number of rotatable bonds is 7. The number of hydrogen-bond donors (Lipinski definition) is 1. The Kier molecular flexibility index (Phi) is 8.19. The number of benzene rings is 2. The Hall–Kier alpha value is -1.83. The summed E-state index contributed by atoms with van der Waals surface area (Å²) < 4.78 is 4.25. The standard InChI is InChI=1S/C24H25Br2N3OS/c1-15-9-16(2)11-20(10-15)29-17(3)21(24(26)18(29)4)12-27-28-23(30)14-31-13-19-7-5-6-8-22(19)25/h5-12H,13-14H2,1-4H3,(H,28,30)/b27-12-. The number of carbonyl (C=O) groups excluding carboxylic acids is 1. The molecule has 1 N–H and O–H groups in total. The maximum Gasteiger partial charge on any atom is 0.250 e. The number of nitrogens with zero attached hydrogens (tertiary/aromatic N) is 2. The maximum absolute atomic E-state index is 12.2. The molecule has 0 aliphatic rings. The van der Waals surface area contributed by atoms with Crippen molar-refractivity contribution in [3.8, 4) is 5.69 Å². The van der Waals surface area contributed by atoms with E-state index in [2.05, 4.69) is 98.9 Å². The monoisotopic (exact) mass is 561 g/mol. The van der Waals surface area contributed by atoms with E-state index in [0.717, 1.165) is 37.3 Å². The first-order valence-electron chi connectivity index (χ1n) is 9.87. The van der Waals surface area contributed by atoms with Gasteiger partial charge in [-0.3, -0.25) is 4.79 Å². The summed E-state index contributed by atoms with van der Waals surface area (Å²) in [6.07, 6.45) is 1.71. The van der Waals surface area contributed by atoms with E-state index in [4.69, 9.17) is 0 Å². The Morgan fingerprint density at radius 2 is 1.74 bits per heavy atom. The molecule has 0 aliphatic heterocycles. The number of halogens is 2. The van der Waals surface area contributed by atoms with Gasteiger partial charge in [-0.1, -0.05) is 40.2 Å². The van der Waals surface area contributed by atoms with E-state index in [1.165, 1.54) is 16.7 Å². The average molecular weight is 563 g/mol. The van der Waals surface area contributed by atoms with Crippen LogP contribution < -0.4 is 5.43 Å². The molecule has 0 saturated heterocycles. The fraction of sp³-hybridized carbons (Fsp3) is 0.250. The fourth-order valence-corrected chi connectivity index (χ4v) is 5.51. The van der Waals surface area contributed by atoms with Crippen molar-refractivity contribution in [2.24, 2.45) is 5.10 Å². The lowest BCUT2D eigenvalue weighted by Crippen LogP contribution is -2.19. The third-order valence-corrected chi connectivity index (χ3v) is 7.67. The number of nitrogens with one attached hydrogen (secondary N) is 1. The van der Waals surface area contributed by atoms with E-state index in [9.17, 15) is 4.79 Å². The lowest BCUT2D eigenvalue weighted by atomic mass is 10.1. The Bertz CT molecular complexity index is 1120. The second kappa shape index (κ2) is 10.7. The summed E-state index contributed by atoms with van der Waals surface area (Å²) in [6.45, 7) is 8.34. The molecule has 162 valence electrons. The Morgan fingerprint density at radius 1 is 1.06 bits per heavy atom. The van der Waals surface area contributed by atoms with Crippen LogP contribution in [0.2, 0.25) is 0 Å². The summed E-state index contributed by atoms with van der Waals surface area (Å²) in [5.74, 6) is 0.996. The van der Waals surface area contributed by atoms with Crippen LogP contribution in [0.4, 0.5) is 0 Å². The van der Waals surface area contributed by atoms with Crippen LogP contribution in [-0.4, -0.2) is 22.4 Å². The largest absolute Gasteiger partial charge is 0.317 e. The van der Waals surface area contributed by atoms with Crippen LogP contribution in [0.15, 0.2) is 56.5 Å². The molecule has 0 radical (unpaired) electrons. The van der Waals surface area contributed by atoms with Crippen molar-refractivity contribution in [3.05, 3.63) is 85.1 Å². The van der Waals surface area contributed by atoms with Crippen LogP contribution in [0, 0.1) is 27.7 Å². The van der Waals surface area contributed by atoms with Crippen molar-refractivity contribution in [1.29, 1.82) is 0 Å². The Balaban J connectivity index is 1.66. The highest BCUT2D eigenvalue weighted by Gasteiger charge is 2.16. The molecule has 1 heterocycles. The van der Waals surface area contributed by atoms with E-state index >= 15 is 0 Å². The van der Waals surface area contributed by atoms with Gasteiger partial charge in [0.25, 0.3) is 0 Å². The molecule has 7 heteroatoms. The average Bonchev–Trinajstić information content (AvgIpc) is 2.92. The molecule has 3 rings (SSSR count). The molecule has 31 heavy (non-hydrogen) atoms. The first-order chi connectivity index (χ1) is 14.8. The minimum atomic E-state index is -0.118. The van der Waals surface area contributed by atoms with E-state index in [1.807, 2.05) is 18.2 Å². The van der Waals surface area contributed by atoms with E-state index in [-0.39, 0.29) is 5.91 Å². The van der Waals surface area contributed by atoms with E-state index in [0.29, 0.717) is 5.75 Å². The Morgan fingerprint density at radius 3 is 2.42 bits per heavy atom. The van der Waals surface area contributed by atoms with Gasteiger partial charge in [-0.25, -0.2) is 5.43 Å². The minimum Gasteiger partial charge on any atom is -0.317 e. The van der Waals surface area contributed by atoms with Gasteiger partial charge in [0.1, 0.15) is 0 Å². The zero-order valence-corrected chi connectivity index (χ0v) is 22.0. The van der Waals surface area contributed by atoms with Gasteiger partial charge in [0, 0.05) is 37.3 Å². The molecule has 4 nitrogen and oxygen atoms in total. The van der Waals surface area contributed by atoms with Gasteiger partial charge in [-0.2, -0.15) is 5.10 Å². The van der Waals surface area contributed by atoms with Crippen LogP contribution >= 0.6 is 43.6 Å². The number of thioether (sulfide) groups is 1. The fourth-order valence-electron chi connectivity index (χ4n) is 3.51. The summed E-state index contributed by atoms with van der Waals surface area (Å²) in [5, 5.41) is 4.20. The predicted octanol–water partition coefficient (Wildman–Crippen LogP) is 6.62. The van der Waals surface area contributed by atoms with Crippen molar-refractivity contribution >= 4 is 55.7 Å². The molecule has 0 spiro atoms. The molecule has 0 bridgehead atoms. The molecule has 0 fully saturated rings. The van der Waals surface area contributed by atoms with Gasteiger partial charge in [-0.15, -0.1) is 11.8 Å². The van der Waals surface area contributed by atoms with Gasteiger partial charge >= 0.3 is 0 Å². The van der Waals surface area contributed by atoms with Crippen molar-refractivity contribution in [1.82, 2.24) is 9.99 Å². The van der Waals surface area contributed by atoms with Gasteiger partial charge < -0.3 is 4.57 Å². The molecule has 0 unspecified atom stereocenters. The molecule has 1 aromatic heterocycles. The number of aromatic nitrogens is 1. The smallest absolute Gasteiger partial charge is 0.250 e. The van der Waals surface area contributed by atoms with Gasteiger partial charge in [0.2, 0.25) is 5.91 Å². The summed E-state index contributed by atoms with van der Waals surface area (Å²) in [7, 11) is 0. The van der Waals surface area contributed by atoms with Gasteiger partial charge in [0.05, 0.1) is 12.0 Å². The van der Waals surface area contributed by atoms with Gasteiger partial charge in [0.15, 0.2) is 0 Å². The third-order valence-electron chi connectivity index (χ3n) is 4.91. The third kappa shape index (κ3) is 5.90. The van der Waals surface area contributed by atoms with Gasteiger partial charge in [-0.05, 0) is 78.5 Å². The quantitative estimate of drug-likeness (QED) is 0.260. The number of amides is 1. The highest BCUT2D eigenvalue weighted by atomic mass is 79.9. The van der Waals surface area contributed by atoms with Crippen LogP contribution in [0.1, 0.15) is 33.6 Å². The van der Waals surface area contributed by atoms with Crippen LogP contribution in [0.3, 0.4) is 0 Å². The maximum atomic E-state index is 12.2. The highest BCUT2D eigenvalue weighted by Crippen LogP contribution is 2.30. The molecule has 1 amide bonds. The molecule has 0 atom stereocenters. The van der Waals surface area contributed by atoms with Crippen LogP contribution in [-0.2, 0) is 10.5 Å². The first kappa shape index (κ1) is 23.8. The second-order valence-electron chi connectivity index (χ2n) is 7.46. The summed E-state index contributed by atoms with van der Waals surface area (Å²) >= 11 is 8.79. The van der Waals surface area contributed by atoms with Crippen molar-refractivity contribution < 1.29 is 4.79 Å². The molecule has 2 aromatic carbocycles. The molecule has 0 saturated carbocycles. The predicted molar refractivity (Wildman–Crippen MR) is 138 cm³/mol. The lowest BCUT2D eigenvalue weighted by Gasteiger charge is -2.11. The summed E-state index contributed by atoms with van der Waals surface area (Å²) in [5.41, 5.74) is 10.5. The number of carbonyl (C=O) groups is 1.